The van der Waals surface area contributed by atoms with E-state index in [0.29, 0.717) is 12.4 Å². The molecule has 4 rings (SSSR count). The standard InChI is InChI=1S/C23H27N7O/c1-15-7-5-11-25-22(15)27-23-21(24-12-13-26-23)19-8-6-14-30(19)20(31)10-9-18-16(2)28-29(4)17(18)3/h5,7,9-13,19H,6,8,14H2,1-4H3,(H,25,26,27)/b10-9+/t19-/m1/s1. The van der Waals surface area contributed by atoms with E-state index in [0.717, 1.165) is 46.9 Å². The Hall–Kier alpha value is -3.55. The van der Waals surface area contributed by atoms with Crippen molar-refractivity contribution in [2.75, 3.05) is 11.9 Å². The van der Waals surface area contributed by atoms with Gasteiger partial charge in [0.1, 0.15) is 11.5 Å². The largest absolute Gasteiger partial charge is 0.330 e. The van der Waals surface area contributed by atoms with E-state index in [-0.39, 0.29) is 11.9 Å². The molecule has 4 heterocycles. The number of anilines is 2. The minimum absolute atomic E-state index is 0.0317. The third-order valence-electron chi connectivity index (χ3n) is 5.78. The van der Waals surface area contributed by atoms with Crippen molar-refractivity contribution in [2.45, 2.75) is 39.7 Å². The summed E-state index contributed by atoms with van der Waals surface area (Å²) in [6.07, 6.45) is 10.3. The maximum absolute atomic E-state index is 13.1. The highest BCUT2D eigenvalue weighted by Crippen LogP contribution is 2.35. The Labute approximate surface area is 182 Å². The Morgan fingerprint density at radius 1 is 1.13 bits per heavy atom. The topological polar surface area (TPSA) is 88.8 Å². The number of amides is 1. The normalized spacial score (nSPS) is 16.3. The fourth-order valence-corrected chi connectivity index (χ4v) is 4.01. The van der Waals surface area contributed by atoms with Gasteiger partial charge in [-0.1, -0.05) is 6.07 Å². The van der Waals surface area contributed by atoms with Crippen molar-refractivity contribution >= 4 is 23.6 Å². The summed E-state index contributed by atoms with van der Waals surface area (Å²) in [6.45, 7) is 6.63. The molecule has 0 unspecified atom stereocenters. The van der Waals surface area contributed by atoms with Crippen LogP contribution < -0.4 is 5.32 Å². The Kier molecular flexibility index (Phi) is 5.79. The molecule has 1 amide bonds. The zero-order valence-corrected chi connectivity index (χ0v) is 18.3. The second kappa shape index (κ2) is 8.67. The number of aryl methyl sites for hydroxylation is 3. The van der Waals surface area contributed by atoms with Crippen molar-refractivity contribution in [3.05, 3.63) is 65.0 Å². The summed E-state index contributed by atoms with van der Waals surface area (Å²) in [5, 5.41) is 7.72. The lowest BCUT2D eigenvalue weighted by molar-refractivity contribution is -0.126. The molecular weight excluding hydrogens is 390 g/mol. The summed E-state index contributed by atoms with van der Waals surface area (Å²) >= 11 is 0. The zero-order valence-electron chi connectivity index (χ0n) is 18.3. The second-order valence-corrected chi connectivity index (χ2v) is 7.82. The molecule has 1 aliphatic heterocycles. The van der Waals surface area contributed by atoms with E-state index in [2.05, 4.69) is 25.4 Å². The van der Waals surface area contributed by atoms with Crippen LogP contribution in [0.15, 0.2) is 36.8 Å². The highest BCUT2D eigenvalue weighted by atomic mass is 16.2. The molecule has 1 saturated heterocycles. The lowest BCUT2D eigenvalue weighted by Gasteiger charge is -2.24. The number of hydrogen-bond donors (Lipinski definition) is 1. The predicted octanol–water partition coefficient (Wildman–Crippen LogP) is 3.65. The molecule has 8 heteroatoms. The van der Waals surface area contributed by atoms with Gasteiger partial charge < -0.3 is 10.2 Å². The first-order chi connectivity index (χ1) is 15.0. The first kappa shape index (κ1) is 20.7. The number of carbonyl (C=O) groups is 1. The summed E-state index contributed by atoms with van der Waals surface area (Å²) < 4.78 is 1.83. The molecule has 1 aliphatic rings. The molecule has 1 atom stereocenters. The lowest BCUT2D eigenvalue weighted by Crippen LogP contribution is -2.30. The number of hydrogen-bond acceptors (Lipinski definition) is 6. The van der Waals surface area contributed by atoms with Crippen molar-refractivity contribution in [3.8, 4) is 0 Å². The molecule has 0 spiro atoms. The second-order valence-electron chi connectivity index (χ2n) is 7.82. The average Bonchev–Trinajstić information content (AvgIpc) is 3.33. The number of pyridine rings is 1. The third-order valence-corrected chi connectivity index (χ3v) is 5.78. The van der Waals surface area contributed by atoms with E-state index < -0.39 is 0 Å². The quantitative estimate of drug-likeness (QED) is 0.638. The van der Waals surface area contributed by atoms with E-state index in [1.807, 2.05) is 55.6 Å². The van der Waals surface area contributed by atoms with Crippen LogP contribution in [0.25, 0.3) is 6.08 Å². The van der Waals surface area contributed by atoms with Gasteiger partial charge in [-0.25, -0.2) is 9.97 Å². The Morgan fingerprint density at radius 2 is 1.90 bits per heavy atom. The molecule has 0 aliphatic carbocycles. The number of nitrogens with zero attached hydrogens (tertiary/aromatic N) is 6. The molecule has 1 N–H and O–H groups in total. The molecule has 1 fully saturated rings. The van der Waals surface area contributed by atoms with Gasteiger partial charge in [0, 0.05) is 49.5 Å². The lowest BCUT2D eigenvalue weighted by atomic mass is 10.1. The maximum atomic E-state index is 13.1. The number of aromatic nitrogens is 5. The van der Waals surface area contributed by atoms with Crippen LogP contribution in [-0.2, 0) is 11.8 Å². The van der Waals surface area contributed by atoms with Gasteiger partial charge in [-0.05, 0) is 51.3 Å². The van der Waals surface area contributed by atoms with Gasteiger partial charge in [-0.2, -0.15) is 5.10 Å². The van der Waals surface area contributed by atoms with E-state index in [1.165, 1.54) is 0 Å². The van der Waals surface area contributed by atoms with Gasteiger partial charge in [-0.3, -0.25) is 14.5 Å². The van der Waals surface area contributed by atoms with Crippen LogP contribution in [-0.4, -0.2) is 42.1 Å². The van der Waals surface area contributed by atoms with Gasteiger partial charge in [0.25, 0.3) is 0 Å². The minimum Gasteiger partial charge on any atom is -0.330 e. The molecule has 0 radical (unpaired) electrons. The van der Waals surface area contributed by atoms with Crippen molar-refractivity contribution < 1.29 is 4.79 Å². The van der Waals surface area contributed by atoms with Gasteiger partial charge >= 0.3 is 0 Å². The predicted molar refractivity (Wildman–Crippen MR) is 120 cm³/mol. The molecule has 0 aromatic carbocycles. The Morgan fingerprint density at radius 3 is 2.65 bits per heavy atom. The van der Waals surface area contributed by atoms with Crippen LogP contribution in [0.5, 0.6) is 0 Å². The first-order valence-corrected chi connectivity index (χ1v) is 10.4. The zero-order chi connectivity index (χ0) is 22.0. The molecule has 8 nitrogen and oxygen atoms in total. The Balaban J connectivity index is 1.58. The first-order valence-electron chi connectivity index (χ1n) is 10.4. The van der Waals surface area contributed by atoms with Crippen molar-refractivity contribution in [1.82, 2.24) is 29.6 Å². The Bertz CT molecular complexity index is 1130. The van der Waals surface area contributed by atoms with Crippen LogP contribution in [0.1, 0.15) is 47.1 Å². The van der Waals surface area contributed by atoms with Gasteiger partial charge in [0.05, 0.1) is 11.7 Å². The smallest absolute Gasteiger partial charge is 0.247 e. The van der Waals surface area contributed by atoms with Crippen molar-refractivity contribution in [2.24, 2.45) is 7.05 Å². The molecule has 160 valence electrons. The fraction of sp³-hybridized carbons (Fsp3) is 0.348. The van der Waals surface area contributed by atoms with Crippen LogP contribution in [0.3, 0.4) is 0 Å². The highest BCUT2D eigenvalue weighted by molar-refractivity contribution is 5.92. The third kappa shape index (κ3) is 4.19. The van der Waals surface area contributed by atoms with Crippen LogP contribution in [0, 0.1) is 20.8 Å². The minimum atomic E-state index is -0.131. The van der Waals surface area contributed by atoms with E-state index in [4.69, 9.17) is 0 Å². The van der Waals surface area contributed by atoms with Gasteiger partial charge in [-0.15, -0.1) is 0 Å². The van der Waals surface area contributed by atoms with Gasteiger partial charge in [0.2, 0.25) is 5.91 Å². The van der Waals surface area contributed by atoms with Crippen LogP contribution >= 0.6 is 0 Å². The summed E-state index contributed by atoms with van der Waals surface area (Å²) in [7, 11) is 1.91. The van der Waals surface area contributed by atoms with Crippen LogP contribution in [0.4, 0.5) is 11.6 Å². The SMILES string of the molecule is Cc1cccnc1Nc1nccnc1[C@H]1CCCN1C(=O)/C=C/c1c(C)nn(C)c1C. The summed E-state index contributed by atoms with van der Waals surface area (Å²) in [5.74, 6) is 1.34. The van der Waals surface area contributed by atoms with E-state index >= 15 is 0 Å². The van der Waals surface area contributed by atoms with Gasteiger partial charge in [0.15, 0.2) is 5.82 Å². The molecule has 31 heavy (non-hydrogen) atoms. The molecule has 3 aromatic rings. The van der Waals surface area contributed by atoms with E-state index in [1.54, 1.807) is 24.7 Å². The van der Waals surface area contributed by atoms with Crippen molar-refractivity contribution in [1.29, 1.82) is 0 Å². The molecule has 0 saturated carbocycles. The molecule has 0 bridgehead atoms. The number of carbonyl (C=O) groups excluding carboxylic acids is 1. The molecule has 3 aromatic heterocycles. The summed E-state index contributed by atoms with van der Waals surface area (Å²) in [5.41, 5.74) is 4.71. The highest BCUT2D eigenvalue weighted by Gasteiger charge is 2.32. The number of nitrogens with one attached hydrogen (secondary N) is 1. The monoisotopic (exact) mass is 417 g/mol. The number of likely N-dealkylation sites (tertiary alicyclic amines) is 1. The summed E-state index contributed by atoms with van der Waals surface area (Å²) in [4.78, 5) is 28.4. The molecular formula is C23H27N7O. The van der Waals surface area contributed by atoms with Crippen LogP contribution in [0.2, 0.25) is 0 Å². The summed E-state index contributed by atoms with van der Waals surface area (Å²) in [6, 6.07) is 3.76. The van der Waals surface area contributed by atoms with E-state index in [9.17, 15) is 4.79 Å². The van der Waals surface area contributed by atoms with Crippen molar-refractivity contribution in [3.63, 3.8) is 0 Å². The average molecular weight is 418 g/mol. The number of rotatable bonds is 5. The maximum Gasteiger partial charge on any atom is 0.247 e. The fourth-order valence-electron chi connectivity index (χ4n) is 4.01.